The lowest BCUT2D eigenvalue weighted by Gasteiger charge is -2.23. The van der Waals surface area contributed by atoms with E-state index in [0.29, 0.717) is 30.3 Å². The molecule has 3 heterocycles. The molecule has 1 aromatic carbocycles. The van der Waals surface area contributed by atoms with Crippen LogP contribution in [0.3, 0.4) is 0 Å². The molecule has 1 aromatic heterocycles. The fourth-order valence-corrected chi connectivity index (χ4v) is 4.19. The van der Waals surface area contributed by atoms with Crippen molar-refractivity contribution < 1.29 is 14.3 Å². The van der Waals surface area contributed by atoms with Crippen molar-refractivity contribution in [3.63, 3.8) is 0 Å². The molecule has 7 heteroatoms. The molecule has 6 nitrogen and oxygen atoms in total. The van der Waals surface area contributed by atoms with Crippen LogP contribution in [0.5, 0.6) is 11.5 Å². The zero-order valence-electron chi connectivity index (χ0n) is 16.7. The van der Waals surface area contributed by atoms with Gasteiger partial charge in [-0.15, -0.1) is 11.8 Å². The lowest BCUT2D eigenvalue weighted by molar-refractivity contribution is -0.116. The molecule has 0 saturated carbocycles. The molecule has 0 radical (unpaired) electrons. The second-order valence-corrected chi connectivity index (χ2v) is 7.97. The van der Waals surface area contributed by atoms with E-state index in [-0.39, 0.29) is 11.8 Å². The summed E-state index contributed by atoms with van der Waals surface area (Å²) in [7, 11) is 1.62. The normalized spacial score (nSPS) is 21.4. The molecule has 1 amide bonds. The molecule has 0 spiro atoms. The third kappa shape index (κ3) is 4.52. The molecular formula is C23H23N3O3S. The number of ether oxygens (including phenoxy) is 2. The van der Waals surface area contributed by atoms with Gasteiger partial charge in [0.15, 0.2) is 11.5 Å². The Kier molecular flexibility index (Phi) is 6.09. The first-order valence-electron chi connectivity index (χ1n) is 9.61. The van der Waals surface area contributed by atoms with E-state index in [1.807, 2.05) is 41.8 Å². The first-order valence-corrected chi connectivity index (χ1v) is 10.7. The van der Waals surface area contributed by atoms with Crippen molar-refractivity contribution in [2.45, 2.75) is 12.3 Å². The van der Waals surface area contributed by atoms with Crippen LogP contribution in [0, 0.1) is 0 Å². The van der Waals surface area contributed by atoms with Crippen molar-refractivity contribution in [1.82, 2.24) is 10.2 Å². The minimum absolute atomic E-state index is 0.0366. The van der Waals surface area contributed by atoms with Crippen LogP contribution in [0.15, 0.2) is 71.8 Å². The van der Waals surface area contributed by atoms with Gasteiger partial charge in [0.05, 0.1) is 13.3 Å². The smallest absolute Gasteiger partial charge is 0.226 e. The van der Waals surface area contributed by atoms with Crippen LogP contribution in [0.4, 0.5) is 5.82 Å². The fraction of sp³-hybridized carbons (Fsp3) is 0.217. The van der Waals surface area contributed by atoms with Crippen molar-refractivity contribution in [3.05, 3.63) is 83.0 Å². The van der Waals surface area contributed by atoms with Gasteiger partial charge in [-0.1, -0.05) is 30.9 Å². The maximum absolute atomic E-state index is 12.1. The molecule has 2 N–H and O–H groups in total. The number of aromatic amines is 1. The van der Waals surface area contributed by atoms with E-state index in [1.165, 1.54) is 0 Å². The number of benzene rings is 1. The second kappa shape index (κ2) is 9.09. The molecule has 0 fully saturated rings. The minimum atomic E-state index is -0.0751. The standard InChI is InChI=1S/C23H23N3O3S/c1-15-4-3-5-16(14-30-9-8-15)13-29-20-7-6-17(10-21(20)28-2)18-11-22(27)25-23-19(18)12-24-26-23/h3-10,12,18H,1,11,13-14H2,2H3,(H2,24,25,26,27)/b4-3-,9-8?,16-5-. The number of nitrogens with one attached hydrogen (secondary N) is 2. The molecule has 154 valence electrons. The molecular weight excluding hydrogens is 398 g/mol. The van der Waals surface area contributed by atoms with Gasteiger partial charge in [-0.25, -0.2) is 0 Å². The summed E-state index contributed by atoms with van der Waals surface area (Å²) in [6.07, 6.45) is 10.2. The van der Waals surface area contributed by atoms with Crippen molar-refractivity contribution in [1.29, 1.82) is 0 Å². The highest BCUT2D eigenvalue weighted by molar-refractivity contribution is 8.02. The van der Waals surface area contributed by atoms with Gasteiger partial charge in [-0.05, 0) is 40.3 Å². The van der Waals surface area contributed by atoms with Gasteiger partial charge >= 0.3 is 0 Å². The van der Waals surface area contributed by atoms with Crippen molar-refractivity contribution >= 4 is 23.5 Å². The number of rotatable bonds is 5. The summed E-state index contributed by atoms with van der Waals surface area (Å²) in [5.74, 6) is 2.70. The second-order valence-electron chi connectivity index (χ2n) is 7.08. The number of thioether (sulfide) groups is 1. The quantitative estimate of drug-likeness (QED) is 0.740. The highest BCUT2D eigenvalue weighted by atomic mass is 32.2. The van der Waals surface area contributed by atoms with Gasteiger partial charge in [0.1, 0.15) is 12.4 Å². The van der Waals surface area contributed by atoms with Gasteiger partial charge < -0.3 is 14.8 Å². The van der Waals surface area contributed by atoms with Crippen molar-refractivity contribution in [3.8, 4) is 11.5 Å². The average molecular weight is 422 g/mol. The van der Waals surface area contributed by atoms with E-state index in [4.69, 9.17) is 9.47 Å². The Balaban J connectivity index is 1.52. The van der Waals surface area contributed by atoms with Gasteiger partial charge in [0, 0.05) is 23.7 Å². The van der Waals surface area contributed by atoms with Crippen molar-refractivity contribution in [2.24, 2.45) is 0 Å². The predicted molar refractivity (Wildman–Crippen MR) is 120 cm³/mol. The van der Waals surface area contributed by atoms with Crippen LogP contribution in [-0.2, 0) is 4.79 Å². The Hall–Kier alpha value is -3.19. The molecule has 0 saturated heterocycles. The molecule has 1 atom stereocenters. The summed E-state index contributed by atoms with van der Waals surface area (Å²) in [5.41, 5.74) is 4.09. The molecule has 4 rings (SSSR count). The Bertz CT molecular complexity index is 1050. The summed E-state index contributed by atoms with van der Waals surface area (Å²) in [5, 5.41) is 11.8. The fourth-order valence-electron chi connectivity index (χ4n) is 3.43. The van der Waals surface area contributed by atoms with E-state index in [9.17, 15) is 4.79 Å². The lowest BCUT2D eigenvalue weighted by atomic mass is 9.87. The topological polar surface area (TPSA) is 76.2 Å². The average Bonchev–Trinajstić information content (AvgIpc) is 3.24. The number of carbonyl (C=O) groups is 1. The summed E-state index contributed by atoms with van der Waals surface area (Å²) < 4.78 is 11.6. The maximum Gasteiger partial charge on any atom is 0.226 e. The third-order valence-electron chi connectivity index (χ3n) is 4.99. The predicted octanol–water partition coefficient (Wildman–Crippen LogP) is 4.57. The minimum Gasteiger partial charge on any atom is -0.493 e. The number of aromatic nitrogens is 2. The largest absolute Gasteiger partial charge is 0.493 e. The lowest BCUT2D eigenvalue weighted by Crippen LogP contribution is -2.23. The number of methoxy groups -OCH3 is 1. The van der Waals surface area contributed by atoms with E-state index >= 15 is 0 Å². The maximum atomic E-state index is 12.1. The molecule has 0 bridgehead atoms. The van der Waals surface area contributed by atoms with E-state index in [0.717, 1.165) is 28.0 Å². The van der Waals surface area contributed by atoms with Crippen molar-refractivity contribution in [2.75, 3.05) is 24.8 Å². The van der Waals surface area contributed by atoms with Crippen LogP contribution in [-0.4, -0.2) is 35.6 Å². The van der Waals surface area contributed by atoms with Crippen LogP contribution >= 0.6 is 11.8 Å². The SMILES string of the molecule is C=C1C=CSC/C(COc2ccc(C3CC(=O)Nc4[nH]ncc43)cc2OC)=C\C=C/1. The Labute approximate surface area is 179 Å². The zero-order valence-corrected chi connectivity index (χ0v) is 17.5. The first-order chi connectivity index (χ1) is 14.6. The van der Waals surface area contributed by atoms with Crippen LogP contribution in [0.25, 0.3) is 0 Å². The highest BCUT2D eigenvalue weighted by Gasteiger charge is 2.28. The molecule has 2 aliphatic rings. The van der Waals surface area contributed by atoms with Gasteiger partial charge in [-0.3, -0.25) is 9.89 Å². The van der Waals surface area contributed by atoms with Gasteiger partial charge in [-0.2, -0.15) is 5.10 Å². The van der Waals surface area contributed by atoms with E-state index in [2.05, 4.69) is 28.2 Å². The molecule has 2 aliphatic heterocycles. The number of anilines is 1. The molecule has 1 unspecified atom stereocenters. The third-order valence-corrected chi connectivity index (χ3v) is 5.86. The first kappa shape index (κ1) is 20.1. The summed E-state index contributed by atoms with van der Waals surface area (Å²) in [4.78, 5) is 12.1. The number of fused-ring (bicyclic) bond motifs is 1. The van der Waals surface area contributed by atoms with Crippen LogP contribution in [0.1, 0.15) is 23.5 Å². The Morgan fingerprint density at radius 3 is 3.07 bits per heavy atom. The van der Waals surface area contributed by atoms with Crippen LogP contribution in [0.2, 0.25) is 0 Å². The molecule has 2 aromatic rings. The highest BCUT2D eigenvalue weighted by Crippen LogP contribution is 2.39. The summed E-state index contributed by atoms with van der Waals surface area (Å²) in [6.45, 7) is 4.43. The van der Waals surface area contributed by atoms with E-state index in [1.54, 1.807) is 25.1 Å². The number of allylic oxidation sites excluding steroid dienone is 5. The Morgan fingerprint density at radius 1 is 1.30 bits per heavy atom. The number of amides is 1. The Morgan fingerprint density at radius 2 is 2.20 bits per heavy atom. The number of carbonyl (C=O) groups excluding carboxylic acids is 1. The van der Waals surface area contributed by atoms with E-state index < -0.39 is 0 Å². The number of hydrogen-bond acceptors (Lipinski definition) is 5. The number of hydrogen-bond donors (Lipinski definition) is 2. The monoisotopic (exact) mass is 421 g/mol. The molecule has 30 heavy (non-hydrogen) atoms. The zero-order chi connectivity index (χ0) is 20.9. The number of H-pyrrole nitrogens is 1. The number of nitrogens with zero attached hydrogens (tertiary/aromatic N) is 1. The van der Waals surface area contributed by atoms with Crippen LogP contribution < -0.4 is 14.8 Å². The molecule has 0 aliphatic carbocycles. The summed E-state index contributed by atoms with van der Waals surface area (Å²) in [6, 6.07) is 5.83. The summed E-state index contributed by atoms with van der Waals surface area (Å²) >= 11 is 1.71. The van der Waals surface area contributed by atoms with Gasteiger partial charge in [0.25, 0.3) is 0 Å². The van der Waals surface area contributed by atoms with Gasteiger partial charge in [0.2, 0.25) is 5.91 Å².